The molecular formula is C14H28N2O2. The van der Waals surface area contributed by atoms with Gasteiger partial charge in [-0.1, -0.05) is 6.92 Å². The van der Waals surface area contributed by atoms with Crippen LogP contribution in [0.4, 0.5) is 0 Å². The van der Waals surface area contributed by atoms with Crippen LogP contribution in [0.3, 0.4) is 0 Å². The van der Waals surface area contributed by atoms with E-state index in [2.05, 4.69) is 17.1 Å². The van der Waals surface area contributed by atoms with Gasteiger partial charge in [-0.25, -0.2) is 0 Å². The summed E-state index contributed by atoms with van der Waals surface area (Å²) in [5.74, 6) is 1.17. The van der Waals surface area contributed by atoms with E-state index in [0.29, 0.717) is 24.5 Å². The maximum absolute atomic E-state index is 9.87. The van der Waals surface area contributed by atoms with Crippen LogP contribution in [-0.2, 0) is 0 Å². The van der Waals surface area contributed by atoms with Crippen molar-refractivity contribution in [3.05, 3.63) is 0 Å². The van der Waals surface area contributed by atoms with Crippen molar-refractivity contribution in [3.8, 4) is 0 Å². The van der Waals surface area contributed by atoms with Gasteiger partial charge in [0, 0.05) is 31.7 Å². The van der Waals surface area contributed by atoms with Crippen molar-refractivity contribution >= 4 is 0 Å². The Labute approximate surface area is 110 Å². The second-order valence-corrected chi connectivity index (χ2v) is 6.19. The van der Waals surface area contributed by atoms with Crippen LogP contribution < -0.4 is 5.32 Å². The number of hydrogen-bond acceptors (Lipinski definition) is 4. The standard InChI is InChI=1S/C14H28N2O2/c1-10-3-4-14(10)16-8-12(11(2)18)7-13(9-16)15-5-6-17/h10-15,17-18H,3-9H2,1-2H3. The minimum atomic E-state index is -0.235. The van der Waals surface area contributed by atoms with Crippen molar-refractivity contribution in [2.45, 2.75) is 51.3 Å². The zero-order valence-electron chi connectivity index (χ0n) is 11.7. The lowest BCUT2D eigenvalue weighted by molar-refractivity contribution is -0.0107. The third kappa shape index (κ3) is 3.23. The van der Waals surface area contributed by atoms with E-state index >= 15 is 0 Å². The van der Waals surface area contributed by atoms with E-state index in [-0.39, 0.29) is 12.7 Å². The molecule has 4 heteroatoms. The average Bonchev–Trinajstić information content (AvgIpc) is 2.34. The maximum atomic E-state index is 9.87. The monoisotopic (exact) mass is 256 g/mol. The van der Waals surface area contributed by atoms with E-state index in [1.54, 1.807) is 0 Å². The molecule has 0 radical (unpaired) electrons. The minimum Gasteiger partial charge on any atom is -0.395 e. The van der Waals surface area contributed by atoms with Gasteiger partial charge in [0.15, 0.2) is 0 Å². The summed E-state index contributed by atoms with van der Waals surface area (Å²) >= 11 is 0. The highest BCUT2D eigenvalue weighted by atomic mass is 16.3. The number of likely N-dealkylation sites (tertiary alicyclic amines) is 1. The van der Waals surface area contributed by atoms with Crippen molar-refractivity contribution in [2.24, 2.45) is 11.8 Å². The molecule has 18 heavy (non-hydrogen) atoms. The number of hydrogen-bond donors (Lipinski definition) is 3. The van der Waals surface area contributed by atoms with Crippen LogP contribution in [0.1, 0.15) is 33.1 Å². The summed E-state index contributed by atoms with van der Waals surface area (Å²) in [6, 6.07) is 1.13. The van der Waals surface area contributed by atoms with Crippen LogP contribution in [0.5, 0.6) is 0 Å². The lowest BCUT2D eigenvalue weighted by atomic mass is 9.77. The molecule has 2 fully saturated rings. The van der Waals surface area contributed by atoms with Gasteiger partial charge in [0.1, 0.15) is 0 Å². The Morgan fingerprint density at radius 3 is 2.61 bits per heavy atom. The molecular weight excluding hydrogens is 228 g/mol. The summed E-state index contributed by atoms with van der Waals surface area (Å²) in [6.45, 7) is 7.18. The van der Waals surface area contributed by atoms with E-state index in [9.17, 15) is 5.11 Å². The van der Waals surface area contributed by atoms with Crippen molar-refractivity contribution in [2.75, 3.05) is 26.2 Å². The SMILES string of the molecule is CC(O)C1CC(NCCO)CN(C2CCC2C)C1. The number of rotatable bonds is 5. The van der Waals surface area contributed by atoms with Gasteiger partial charge in [-0.3, -0.25) is 4.90 Å². The Hall–Kier alpha value is -0.160. The van der Waals surface area contributed by atoms with E-state index in [4.69, 9.17) is 5.11 Å². The van der Waals surface area contributed by atoms with Gasteiger partial charge < -0.3 is 15.5 Å². The zero-order valence-corrected chi connectivity index (χ0v) is 11.7. The van der Waals surface area contributed by atoms with Crippen molar-refractivity contribution in [3.63, 3.8) is 0 Å². The first-order valence-electron chi connectivity index (χ1n) is 7.38. The van der Waals surface area contributed by atoms with Gasteiger partial charge in [0.2, 0.25) is 0 Å². The molecule has 0 aromatic carbocycles. The van der Waals surface area contributed by atoms with Crippen molar-refractivity contribution in [1.82, 2.24) is 10.2 Å². The number of aliphatic hydroxyl groups is 2. The first kappa shape index (κ1) is 14.3. The van der Waals surface area contributed by atoms with Crippen molar-refractivity contribution in [1.29, 1.82) is 0 Å². The summed E-state index contributed by atoms with van der Waals surface area (Å²) < 4.78 is 0. The summed E-state index contributed by atoms with van der Waals surface area (Å²) in [5, 5.41) is 22.2. The van der Waals surface area contributed by atoms with Crippen molar-refractivity contribution < 1.29 is 10.2 Å². The van der Waals surface area contributed by atoms with E-state index in [1.165, 1.54) is 12.8 Å². The van der Waals surface area contributed by atoms with Gasteiger partial charge in [-0.15, -0.1) is 0 Å². The van der Waals surface area contributed by atoms with Crippen LogP contribution >= 0.6 is 0 Å². The van der Waals surface area contributed by atoms with E-state index in [1.807, 2.05) is 6.92 Å². The van der Waals surface area contributed by atoms with Crippen LogP contribution in [0.15, 0.2) is 0 Å². The summed E-state index contributed by atoms with van der Waals surface area (Å²) in [4.78, 5) is 2.56. The zero-order chi connectivity index (χ0) is 13.1. The number of aliphatic hydroxyl groups excluding tert-OH is 2. The molecule has 1 aliphatic heterocycles. The molecule has 0 bridgehead atoms. The molecule has 1 aliphatic carbocycles. The summed E-state index contributed by atoms with van der Waals surface area (Å²) in [5.41, 5.74) is 0. The molecule has 5 unspecified atom stereocenters. The smallest absolute Gasteiger partial charge is 0.0556 e. The van der Waals surface area contributed by atoms with Crippen LogP contribution in [-0.4, -0.2) is 59.5 Å². The molecule has 3 N–H and O–H groups in total. The Morgan fingerprint density at radius 1 is 1.33 bits per heavy atom. The first-order valence-corrected chi connectivity index (χ1v) is 7.38. The van der Waals surface area contributed by atoms with E-state index in [0.717, 1.165) is 25.4 Å². The number of nitrogens with one attached hydrogen (secondary N) is 1. The van der Waals surface area contributed by atoms with Gasteiger partial charge in [0.05, 0.1) is 12.7 Å². The van der Waals surface area contributed by atoms with Crippen LogP contribution in [0.2, 0.25) is 0 Å². The molecule has 2 aliphatic rings. The van der Waals surface area contributed by atoms with Gasteiger partial charge in [-0.05, 0) is 38.0 Å². The second-order valence-electron chi connectivity index (χ2n) is 6.19. The third-order valence-corrected chi connectivity index (χ3v) is 4.78. The molecule has 1 saturated carbocycles. The lowest BCUT2D eigenvalue weighted by Gasteiger charge is -2.49. The highest BCUT2D eigenvalue weighted by Crippen LogP contribution is 2.34. The molecule has 1 saturated heterocycles. The minimum absolute atomic E-state index is 0.190. The topological polar surface area (TPSA) is 55.7 Å². The van der Waals surface area contributed by atoms with Gasteiger partial charge in [-0.2, -0.15) is 0 Å². The predicted molar refractivity (Wildman–Crippen MR) is 72.4 cm³/mol. The van der Waals surface area contributed by atoms with E-state index < -0.39 is 0 Å². The molecule has 0 spiro atoms. The fourth-order valence-corrected chi connectivity index (χ4v) is 3.40. The van der Waals surface area contributed by atoms with Crippen LogP contribution in [0, 0.1) is 11.8 Å². The summed E-state index contributed by atoms with van der Waals surface area (Å²) in [7, 11) is 0. The maximum Gasteiger partial charge on any atom is 0.0556 e. The Morgan fingerprint density at radius 2 is 2.11 bits per heavy atom. The molecule has 1 heterocycles. The molecule has 5 atom stereocenters. The Bertz CT molecular complexity index is 260. The largest absolute Gasteiger partial charge is 0.395 e. The quantitative estimate of drug-likeness (QED) is 0.668. The normalized spacial score (nSPS) is 39.3. The fraction of sp³-hybridized carbons (Fsp3) is 1.00. The molecule has 0 aromatic heterocycles. The number of nitrogens with zero attached hydrogens (tertiary/aromatic N) is 1. The lowest BCUT2D eigenvalue weighted by Crippen LogP contribution is -2.58. The highest BCUT2D eigenvalue weighted by molar-refractivity contribution is 4.93. The second kappa shape index (κ2) is 6.33. The Kier molecular flexibility index (Phi) is 5.01. The third-order valence-electron chi connectivity index (χ3n) is 4.78. The van der Waals surface area contributed by atoms with Gasteiger partial charge >= 0.3 is 0 Å². The molecule has 0 amide bonds. The average molecular weight is 256 g/mol. The molecule has 4 nitrogen and oxygen atoms in total. The molecule has 106 valence electrons. The fourth-order valence-electron chi connectivity index (χ4n) is 3.40. The summed E-state index contributed by atoms with van der Waals surface area (Å²) in [6.07, 6.45) is 3.44. The van der Waals surface area contributed by atoms with Crippen LogP contribution in [0.25, 0.3) is 0 Å². The number of piperidine rings is 1. The highest BCUT2D eigenvalue weighted by Gasteiger charge is 2.38. The molecule has 0 aromatic rings. The Balaban J connectivity index is 1.92. The molecule has 2 rings (SSSR count). The van der Waals surface area contributed by atoms with Gasteiger partial charge in [0.25, 0.3) is 0 Å². The first-order chi connectivity index (χ1) is 8.61. The predicted octanol–water partition coefficient (Wildman–Crippen LogP) is 0.438.